The molecule has 3 heterocycles. The molecule has 1 aliphatic heterocycles. The molecule has 2 N–H and O–H groups in total. The zero-order valence-electron chi connectivity index (χ0n) is 17.6. The van der Waals surface area contributed by atoms with E-state index in [9.17, 15) is 13.2 Å². The summed E-state index contributed by atoms with van der Waals surface area (Å²) in [6.07, 6.45) is 0.378. The molecule has 0 spiro atoms. The number of rotatable bonds is 7. The summed E-state index contributed by atoms with van der Waals surface area (Å²) in [5.41, 5.74) is 1.71. The van der Waals surface area contributed by atoms with Crippen molar-refractivity contribution in [2.24, 2.45) is 0 Å². The maximum Gasteiger partial charge on any atom is 0.271 e. The lowest BCUT2D eigenvalue weighted by molar-refractivity contribution is -0.0707. The van der Waals surface area contributed by atoms with E-state index < -0.39 is 10.0 Å². The summed E-state index contributed by atoms with van der Waals surface area (Å²) in [7, 11) is -3.62. The Kier molecular flexibility index (Phi) is 6.91. The van der Waals surface area contributed by atoms with Gasteiger partial charge in [-0.25, -0.2) is 13.4 Å². The highest BCUT2D eigenvalue weighted by Gasteiger charge is 2.23. The average Bonchev–Trinajstić information content (AvgIpc) is 3.40. The Hall–Kier alpha value is -2.31. The van der Waals surface area contributed by atoms with Gasteiger partial charge in [0.05, 0.1) is 17.9 Å². The number of ether oxygens (including phenoxy) is 1. The SMILES string of the molecule is CC1CN(Cc2csc(NC(=O)c3ccc(NS(=O)(=O)c4cccs4)cc3)n2)CC(C)O1. The number of hydrogen-bond acceptors (Lipinski definition) is 8. The van der Waals surface area contributed by atoms with E-state index in [1.807, 2.05) is 5.38 Å². The monoisotopic (exact) mass is 492 g/mol. The normalized spacial score (nSPS) is 19.6. The van der Waals surface area contributed by atoms with Gasteiger partial charge in [-0.15, -0.1) is 22.7 Å². The van der Waals surface area contributed by atoms with E-state index in [0.29, 0.717) is 22.9 Å². The van der Waals surface area contributed by atoms with Crippen LogP contribution in [0.2, 0.25) is 0 Å². The van der Waals surface area contributed by atoms with Crippen LogP contribution in [0.3, 0.4) is 0 Å². The largest absolute Gasteiger partial charge is 0.373 e. The van der Waals surface area contributed by atoms with Crippen LogP contribution in [0.5, 0.6) is 0 Å². The fourth-order valence-corrected chi connectivity index (χ4v) is 6.31. The third-order valence-corrected chi connectivity index (χ3v) is 8.40. The molecule has 2 atom stereocenters. The van der Waals surface area contributed by atoms with Gasteiger partial charge in [-0.2, -0.15) is 0 Å². The molecule has 2 unspecified atom stereocenters. The number of morpholine rings is 1. The van der Waals surface area contributed by atoms with Gasteiger partial charge in [0.2, 0.25) is 0 Å². The highest BCUT2D eigenvalue weighted by Crippen LogP contribution is 2.22. The van der Waals surface area contributed by atoms with Gasteiger partial charge in [-0.3, -0.25) is 19.7 Å². The highest BCUT2D eigenvalue weighted by atomic mass is 32.2. The Balaban J connectivity index is 1.34. The highest BCUT2D eigenvalue weighted by molar-refractivity contribution is 7.94. The zero-order chi connectivity index (χ0) is 22.7. The zero-order valence-corrected chi connectivity index (χ0v) is 20.1. The molecule has 11 heteroatoms. The van der Waals surface area contributed by atoms with E-state index in [1.54, 1.807) is 35.7 Å². The Labute approximate surface area is 195 Å². The molecule has 1 amide bonds. The van der Waals surface area contributed by atoms with Crippen molar-refractivity contribution in [2.45, 2.75) is 36.8 Å². The number of nitrogens with one attached hydrogen (secondary N) is 2. The molecule has 170 valence electrons. The van der Waals surface area contributed by atoms with Crippen LogP contribution < -0.4 is 10.0 Å². The van der Waals surface area contributed by atoms with E-state index in [-0.39, 0.29) is 22.3 Å². The van der Waals surface area contributed by atoms with E-state index in [0.717, 1.165) is 30.1 Å². The van der Waals surface area contributed by atoms with E-state index in [2.05, 4.69) is 33.8 Å². The lowest BCUT2D eigenvalue weighted by Gasteiger charge is -2.34. The molecule has 32 heavy (non-hydrogen) atoms. The first-order valence-corrected chi connectivity index (χ1v) is 13.3. The fourth-order valence-electron chi connectivity index (χ4n) is 3.56. The van der Waals surface area contributed by atoms with Gasteiger partial charge in [-0.1, -0.05) is 6.07 Å². The average molecular weight is 493 g/mol. The Morgan fingerprint density at radius 3 is 2.53 bits per heavy atom. The molecule has 1 fully saturated rings. The van der Waals surface area contributed by atoms with Crippen LogP contribution in [-0.4, -0.2) is 49.5 Å². The predicted molar refractivity (Wildman–Crippen MR) is 127 cm³/mol. The van der Waals surface area contributed by atoms with Crippen LogP contribution in [0.15, 0.2) is 51.4 Å². The first-order chi connectivity index (χ1) is 15.3. The molecule has 1 saturated heterocycles. The molecule has 1 aliphatic rings. The van der Waals surface area contributed by atoms with Crippen molar-refractivity contribution >= 4 is 49.4 Å². The minimum Gasteiger partial charge on any atom is -0.373 e. The number of anilines is 2. The van der Waals surface area contributed by atoms with Crippen molar-refractivity contribution < 1.29 is 17.9 Å². The fraction of sp³-hybridized carbons (Fsp3) is 0.333. The summed E-state index contributed by atoms with van der Waals surface area (Å²) in [5, 5.41) is 6.99. The van der Waals surface area contributed by atoms with E-state index >= 15 is 0 Å². The molecular formula is C21H24N4O4S3. The standard InChI is InChI=1S/C21H24N4O4S3/c1-14-10-25(11-15(2)29-14)12-18-13-31-21(22-18)23-20(26)16-5-7-17(8-6-16)24-32(27,28)19-4-3-9-30-19/h3-9,13-15,24H,10-12H2,1-2H3,(H,22,23,26). The Bertz CT molecular complexity index is 1150. The third kappa shape index (κ3) is 5.73. The van der Waals surface area contributed by atoms with Crippen molar-refractivity contribution in [2.75, 3.05) is 23.1 Å². The molecule has 4 rings (SSSR count). The molecule has 0 radical (unpaired) electrons. The number of hydrogen-bond donors (Lipinski definition) is 2. The number of amides is 1. The summed E-state index contributed by atoms with van der Waals surface area (Å²) in [6, 6.07) is 9.50. The molecule has 3 aromatic rings. The van der Waals surface area contributed by atoms with Gasteiger partial charge in [-0.05, 0) is 49.6 Å². The second-order valence-electron chi connectivity index (χ2n) is 7.66. The van der Waals surface area contributed by atoms with Crippen LogP contribution in [0, 0.1) is 0 Å². The first kappa shape index (κ1) is 22.9. The number of carbonyl (C=O) groups excluding carboxylic acids is 1. The van der Waals surface area contributed by atoms with Crippen molar-refractivity contribution in [3.63, 3.8) is 0 Å². The summed E-state index contributed by atoms with van der Waals surface area (Å²) >= 11 is 2.52. The molecule has 1 aromatic carbocycles. The molecule has 0 aliphatic carbocycles. The molecule has 0 saturated carbocycles. The number of nitrogens with zero attached hydrogens (tertiary/aromatic N) is 2. The summed E-state index contributed by atoms with van der Waals surface area (Å²) in [4.78, 5) is 19.4. The number of carbonyl (C=O) groups is 1. The minimum absolute atomic E-state index is 0.189. The van der Waals surface area contributed by atoms with Crippen LogP contribution in [-0.2, 0) is 21.3 Å². The van der Waals surface area contributed by atoms with E-state index in [4.69, 9.17) is 4.74 Å². The second-order valence-corrected chi connectivity index (χ2v) is 11.4. The Morgan fingerprint density at radius 1 is 1.16 bits per heavy atom. The number of benzene rings is 1. The maximum atomic E-state index is 12.6. The topological polar surface area (TPSA) is 101 Å². The van der Waals surface area contributed by atoms with Crippen LogP contribution in [0.4, 0.5) is 10.8 Å². The van der Waals surface area contributed by atoms with Crippen molar-refractivity contribution in [1.82, 2.24) is 9.88 Å². The van der Waals surface area contributed by atoms with Crippen LogP contribution in [0.1, 0.15) is 29.9 Å². The van der Waals surface area contributed by atoms with Crippen molar-refractivity contribution in [3.05, 3.63) is 58.4 Å². The number of thiophene rings is 1. The first-order valence-electron chi connectivity index (χ1n) is 10.1. The number of thiazole rings is 1. The summed E-state index contributed by atoms with van der Waals surface area (Å²) < 4.78 is 33.1. The van der Waals surface area contributed by atoms with Crippen LogP contribution >= 0.6 is 22.7 Å². The summed E-state index contributed by atoms with van der Waals surface area (Å²) in [5.74, 6) is -0.299. The Morgan fingerprint density at radius 2 is 1.88 bits per heavy atom. The minimum atomic E-state index is -3.62. The molecule has 8 nitrogen and oxygen atoms in total. The lowest BCUT2D eigenvalue weighted by Crippen LogP contribution is -2.44. The van der Waals surface area contributed by atoms with Gasteiger partial charge in [0, 0.05) is 36.3 Å². The third-order valence-electron chi connectivity index (χ3n) is 4.81. The molecule has 2 aromatic heterocycles. The molecular weight excluding hydrogens is 468 g/mol. The van der Waals surface area contributed by atoms with Gasteiger partial charge in [0.15, 0.2) is 5.13 Å². The van der Waals surface area contributed by atoms with Gasteiger partial charge < -0.3 is 4.74 Å². The quantitative estimate of drug-likeness (QED) is 0.519. The van der Waals surface area contributed by atoms with Crippen molar-refractivity contribution in [3.8, 4) is 0 Å². The maximum absolute atomic E-state index is 12.6. The smallest absolute Gasteiger partial charge is 0.271 e. The lowest BCUT2D eigenvalue weighted by atomic mass is 10.2. The molecule has 0 bridgehead atoms. The summed E-state index contributed by atoms with van der Waals surface area (Å²) in [6.45, 7) is 6.54. The van der Waals surface area contributed by atoms with Crippen LogP contribution in [0.25, 0.3) is 0 Å². The van der Waals surface area contributed by atoms with Gasteiger partial charge in [0.1, 0.15) is 4.21 Å². The number of sulfonamides is 1. The van der Waals surface area contributed by atoms with E-state index in [1.165, 1.54) is 17.4 Å². The van der Waals surface area contributed by atoms with Crippen molar-refractivity contribution in [1.29, 1.82) is 0 Å². The van der Waals surface area contributed by atoms with Gasteiger partial charge >= 0.3 is 0 Å². The number of aromatic nitrogens is 1. The van der Waals surface area contributed by atoms with Gasteiger partial charge in [0.25, 0.3) is 15.9 Å². The second kappa shape index (κ2) is 9.67. The predicted octanol–water partition coefficient (Wildman–Crippen LogP) is 3.87.